The Hall–Kier alpha value is -1.11. The molecule has 0 aromatic carbocycles. The van der Waals surface area contributed by atoms with Gasteiger partial charge < -0.3 is 0 Å². The van der Waals surface area contributed by atoms with E-state index in [-0.39, 0.29) is 0 Å². The first kappa shape index (κ1) is 7.53. The Labute approximate surface area is 73.1 Å². The Morgan fingerprint density at radius 1 is 1.58 bits per heavy atom. The van der Waals surface area contributed by atoms with Gasteiger partial charge >= 0.3 is 0 Å². The molecular weight excluding hydrogens is 146 g/mol. The molecule has 0 saturated heterocycles. The summed E-state index contributed by atoms with van der Waals surface area (Å²) in [6, 6.07) is 4.10. The number of aromatic nitrogens is 1. The van der Waals surface area contributed by atoms with Crippen molar-refractivity contribution in [1.29, 1.82) is 0 Å². The van der Waals surface area contributed by atoms with Crippen LogP contribution < -0.4 is 0 Å². The second-order valence-electron chi connectivity index (χ2n) is 3.49. The molecule has 2 rings (SSSR count). The molecule has 0 atom stereocenters. The fourth-order valence-corrected chi connectivity index (χ4v) is 1.46. The zero-order valence-electron chi connectivity index (χ0n) is 7.38. The Kier molecular flexibility index (Phi) is 1.72. The van der Waals surface area contributed by atoms with E-state index in [9.17, 15) is 0 Å². The molecule has 0 radical (unpaired) electrons. The van der Waals surface area contributed by atoms with E-state index in [1.54, 1.807) is 0 Å². The largest absolute Gasteiger partial charge is 0.260 e. The molecule has 0 spiro atoms. The molecule has 1 fully saturated rings. The van der Waals surface area contributed by atoms with Gasteiger partial charge in [0.2, 0.25) is 0 Å². The van der Waals surface area contributed by atoms with E-state index in [0.717, 1.165) is 11.5 Å². The molecule has 0 amide bonds. The lowest BCUT2D eigenvalue weighted by atomic mass is 10.0. The first-order valence-electron chi connectivity index (χ1n) is 4.40. The monoisotopic (exact) mass is 159 g/mol. The molecule has 1 saturated carbocycles. The molecule has 0 unspecified atom stereocenters. The van der Waals surface area contributed by atoms with Crippen LogP contribution in [0.2, 0.25) is 0 Å². The summed E-state index contributed by atoms with van der Waals surface area (Å²) in [5.41, 5.74) is 3.63. The minimum Gasteiger partial charge on any atom is -0.260 e. The maximum absolute atomic E-state index is 4.40. The van der Waals surface area contributed by atoms with Gasteiger partial charge in [-0.15, -0.1) is 0 Å². The van der Waals surface area contributed by atoms with E-state index in [1.807, 2.05) is 19.2 Å². The highest BCUT2D eigenvalue weighted by Gasteiger charge is 2.27. The maximum Gasteiger partial charge on any atom is 0.0509 e. The van der Waals surface area contributed by atoms with Crippen LogP contribution in [0.1, 0.15) is 36.9 Å². The molecule has 0 N–H and O–H groups in total. The van der Waals surface area contributed by atoms with Gasteiger partial charge in [0, 0.05) is 12.1 Å². The van der Waals surface area contributed by atoms with Crippen molar-refractivity contribution in [3.63, 3.8) is 0 Å². The fraction of sp³-hybridized carbons (Fsp3) is 0.364. The van der Waals surface area contributed by atoms with Crippen molar-refractivity contribution in [3.05, 3.63) is 36.2 Å². The summed E-state index contributed by atoms with van der Waals surface area (Å²) in [5.74, 6) is 0.720. The van der Waals surface area contributed by atoms with Crippen LogP contribution >= 0.6 is 0 Å². The van der Waals surface area contributed by atoms with Crippen molar-refractivity contribution in [2.45, 2.75) is 25.7 Å². The van der Waals surface area contributed by atoms with Gasteiger partial charge in [0.25, 0.3) is 0 Å². The molecule has 1 aliphatic carbocycles. The Bertz CT molecular complexity index is 311. The Morgan fingerprint density at radius 2 is 2.33 bits per heavy atom. The summed E-state index contributed by atoms with van der Waals surface area (Å²) in [5, 5.41) is 0. The number of hydrogen-bond donors (Lipinski definition) is 0. The molecule has 62 valence electrons. The molecule has 0 bridgehead atoms. The smallest absolute Gasteiger partial charge is 0.0509 e. The van der Waals surface area contributed by atoms with Crippen LogP contribution in [-0.4, -0.2) is 4.98 Å². The summed E-state index contributed by atoms with van der Waals surface area (Å²) in [6.45, 7) is 6.00. The van der Waals surface area contributed by atoms with E-state index in [2.05, 4.69) is 17.6 Å². The van der Waals surface area contributed by atoms with E-state index >= 15 is 0 Å². The average molecular weight is 159 g/mol. The van der Waals surface area contributed by atoms with Gasteiger partial charge in [-0.05, 0) is 37.0 Å². The lowest BCUT2D eigenvalue weighted by molar-refractivity contribution is 1.01. The minimum atomic E-state index is 0.720. The quantitative estimate of drug-likeness (QED) is 0.646. The molecule has 1 aliphatic rings. The average Bonchev–Trinajstić information content (AvgIpc) is 2.87. The summed E-state index contributed by atoms with van der Waals surface area (Å²) >= 11 is 0. The summed E-state index contributed by atoms with van der Waals surface area (Å²) in [4.78, 5) is 4.40. The summed E-state index contributed by atoms with van der Waals surface area (Å²) < 4.78 is 0. The van der Waals surface area contributed by atoms with Crippen LogP contribution in [0.25, 0.3) is 5.57 Å². The number of allylic oxidation sites excluding steroid dienone is 1. The van der Waals surface area contributed by atoms with Gasteiger partial charge in [0.15, 0.2) is 0 Å². The van der Waals surface area contributed by atoms with Crippen LogP contribution in [0.15, 0.2) is 24.9 Å². The molecule has 1 heterocycles. The third-order valence-corrected chi connectivity index (χ3v) is 2.26. The molecule has 1 heteroatoms. The van der Waals surface area contributed by atoms with E-state index in [4.69, 9.17) is 0 Å². The Morgan fingerprint density at radius 3 is 2.92 bits per heavy atom. The highest BCUT2D eigenvalue weighted by atomic mass is 14.7. The lowest BCUT2D eigenvalue weighted by Gasteiger charge is -2.05. The topological polar surface area (TPSA) is 12.9 Å². The fourth-order valence-electron chi connectivity index (χ4n) is 1.46. The number of rotatable bonds is 2. The van der Waals surface area contributed by atoms with Crippen molar-refractivity contribution >= 4 is 5.57 Å². The molecule has 0 aliphatic heterocycles. The molecular formula is C11H13N. The predicted octanol–water partition coefficient (Wildman–Crippen LogP) is 2.99. The highest BCUT2D eigenvalue weighted by Crippen LogP contribution is 2.41. The zero-order valence-corrected chi connectivity index (χ0v) is 7.38. The van der Waals surface area contributed by atoms with Crippen molar-refractivity contribution in [2.24, 2.45) is 0 Å². The second kappa shape index (κ2) is 2.74. The van der Waals surface area contributed by atoms with Gasteiger partial charge in [0.1, 0.15) is 0 Å². The highest BCUT2D eigenvalue weighted by molar-refractivity contribution is 5.64. The van der Waals surface area contributed by atoms with Crippen LogP contribution in [0.3, 0.4) is 0 Å². The third kappa shape index (κ3) is 1.27. The molecule has 12 heavy (non-hydrogen) atoms. The van der Waals surface area contributed by atoms with Gasteiger partial charge in [-0.2, -0.15) is 0 Å². The number of pyridine rings is 1. The Balaban J connectivity index is 2.43. The summed E-state index contributed by atoms with van der Waals surface area (Å²) in [6.07, 6.45) is 4.48. The lowest BCUT2D eigenvalue weighted by Crippen LogP contribution is -1.92. The molecule has 1 nitrogen and oxygen atoms in total. The third-order valence-electron chi connectivity index (χ3n) is 2.26. The first-order chi connectivity index (χ1) is 5.79. The maximum atomic E-state index is 4.40. The number of hydrogen-bond acceptors (Lipinski definition) is 1. The van der Waals surface area contributed by atoms with Crippen LogP contribution in [0.5, 0.6) is 0 Å². The SMILES string of the molecule is C=C(C)c1cccnc1C1CC1. The van der Waals surface area contributed by atoms with Gasteiger partial charge in [0.05, 0.1) is 5.69 Å². The standard InChI is InChI=1S/C11H13N/c1-8(2)10-4-3-7-12-11(10)9-5-6-9/h3-4,7,9H,1,5-6H2,2H3. The van der Waals surface area contributed by atoms with E-state index in [1.165, 1.54) is 24.1 Å². The van der Waals surface area contributed by atoms with Crippen LogP contribution in [0.4, 0.5) is 0 Å². The van der Waals surface area contributed by atoms with Gasteiger partial charge in [-0.3, -0.25) is 4.98 Å². The van der Waals surface area contributed by atoms with Gasteiger partial charge in [-0.25, -0.2) is 0 Å². The van der Waals surface area contributed by atoms with E-state index in [0.29, 0.717) is 0 Å². The summed E-state index contributed by atoms with van der Waals surface area (Å²) in [7, 11) is 0. The van der Waals surface area contributed by atoms with Crippen LogP contribution in [-0.2, 0) is 0 Å². The number of nitrogens with zero attached hydrogens (tertiary/aromatic N) is 1. The second-order valence-corrected chi connectivity index (χ2v) is 3.49. The van der Waals surface area contributed by atoms with Crippen molar-refractivity contribution in [3.8, 4) is 0 Å². The minimum absolute atomic E-state index is 0.720. The predicted molar refractivity (Wildman–Crippen MR) is 50.9 cm³/mol. The van der Waals surface area contributed by atoms with Crippen molar-refractivity contribution < 1.29 is 0 Å². The first-order valence-corrected chi connectivity index (χ1v) is 4.40. The zero-order chi connectivity index (χ0) is 8.55. The molecule has 1 aromatic heterocycles. The molecule has 1 aromatic rings. The van der Waals surface area contributed by atoms with Crippen molar-refractivity contribution in [1.82, 2.24) is 4.98 Å². The van der Waals surface area contributed by atoms with Crippen molar-refractivity contribution in [2.75, 3.05) is 0 Å². The van der Waals surface area contributed by atoms with Crippen LogP contribution in [0, 0.1) is 0 Å². The normalized spacial score (nSPS) is 16.1. The van der Waals surface area contributed by atoms with Gasteiger partial charge in [-0.1, -0.05) is 12.6 Å². The van der Waals surface area contributed by atoms with E-state index < -0.39 is 0 Å².